The van der Waals surface area contributed by atoms with Crippen LogP contribution in [0.4, 0.5) is 0 Å². The topological polar surface area (TPSA) is 72.3 Å². The fraction of sp³-hybridized carbons (Fsp3) is 0.100. The Morgan fingerprint density at radius 3 is 2.93 bits per heavy atom. The molecule has 0 fully saturated rings. The van der Waals surface area contributed by atoms with Crippen molar-refractivity contribution in [3.05, 3.63) is 30.0 Å². The third-order valence-corrected chi connectivity index (χ3v) is 1.97. The fourth-order valence-electron chi connectivity index (χ4n) is 1.29. The summed E-state index contributed by atoms with van der Waals surface area (Å²) in [5.41, 5.74) is 1.17. The van der Waals surface area contributed by atoms with Crippen LogP contribution in [0.1, 0.15) is 10.4 Å². The van der Waals surface area contributed by atoms with Crippen molar-refractivity contribution in [2.75, 3.05) is 7.11 Å². The number of pyridine rings is 2. The lowest BCUT2D eigenvalue weighted by Crippen LogP contribution is -2.03. The zero-order chi connectivity index (χ0) is 10.8. The normalized spacial score (nSPS) is 10.2. The number of methoxy groups -OCH3 is 1. The van der Waals surface area contributed by atoms with Crippen molar-refractivity contribution in [2.24, 2.45) is 0 Å². The van der Waals surface area contributed by atoms with Crippen LogP contribution in [0.2, 0.25) is 0 Å². The molecule has 0 aliphatic rings. The molecule has 0 atom stereocenters. The summed E-state index contributed by atoms with van der Waals surface area (Å²) < 4.78 is 4.90. The highest BCUT2D eigenvalue weighted by molar-refractivity contribution is 5.94. The van der Waals surface area contributed by atoms with Gasteiger partial charge in [-0.1, -0.05) is 0 Å². The van der Waals surface area contributed by atoms with Gasteiger partial charge in [0.05, 0.1) is 18.1 Å². The maximum Gasteiger partial charge on any atom is 0.341 e. The van der Waals surface area contributed by atoms with Gasteiger partial charge >= 0.3 is 5.97 Å². The highest BCUT2D eigenvalue weighted by Crippen LogP contribution is 2.20. The predicted molar refractivity (Wildman–Crippen MR) is 53.0 cm³/mol. The Hall–Kier alpha value is -2.17. The summed E-state index contributed by atoms with van der Waals surface area (Å²) in [4.78, 5) is 18.9. The second-order valence-corrected chi connectivity index (χ2v) is 2.89. The Bertz CT molecular complexity index is 525. The van der Waals surface area contributed by atoms with Crippen molar-refractivity contribution in [1.82, 2.24) is 9.97 Å². The molecular weight excluding hydrogens is 196 g/mol. The number of carbonyl (C=O) groups is 1. The minimum absolute atomic E-state index is 0.0173. The van der Waals surface area contributed by atoms with Crippen LogP contribution in [0.15, 0.2) is 24.4 Å². The first kappa shape index (κ1) is 9.39. The van der Waals surface area contributed by atoms with Gasteiger partial charge in [-0.2, -0.15) is 0 Å². The quantitative estimate of drug-likeness (QED) is 0.799. The van der Waals surface area contributed by atoms with E-state index in [0.29, 0.717) is 11.0 Å². The third-order valence-electron chi connectivity index (χ3n) is 1.97. The van der Waals surface area contributed by atoms with Crippen LogP contribution in [0, 0.1) is 0 Å². The van der Waals surface area contributed by atoms with Crippen molar-refractivity contribution in [1.29, 1.82) is 0 Å². The molecule has 2 rings (SSSR count). The summed E-state index contributed by atoms with van der Waals surface area (Å²) in [6, 6.07) is 4.93. The van der Waals surface area contributed by atoms with E-state index < -0.39 is 5.97 Å². The zero-order valence-corrected chi connectivity index (χ0v) is 7.97. The first-order valence-corrected chi connectivity index (χ1v) is 4.25. The number of carboxylic acids is 1. The van der Waals surface area contributed by atoms with Gasteiger partial charge in [0.2, 0.25) is 5.88 Å². The second kappa shape index (κ2) is 3.53. The van der Waals surface area contributed by atoms with E-state index in [1.165, 1.54) is 13.2 Å². The molecule has 1 N–H and O–H groups in total. The van der Waals surface area contributed by atoms with Crippen LogP contribution in [0.3, 0.4) is 0 Å². The molecule has 5 heteroatoms. The minimum atomic E-state index is -1.08. The second-order valence-electron chi connectivity index (χ2n) is 2.89. The van der Waals surface area contributed by atoms with E-state index in [1.807, 2.05) is 0 Å². The number of hydrogen-bond donors (Lipinski definition) is 1. The van der Waals surface area contributed by atoms with E-state index in [-0.39, 0.29) is 11.4 Å². The van der Waals surface area contributed by atoms with Crippen LogP contribution in [0.25, 0.3) is 11.0 Å². The number of fused-ring (bicyclic) bond motifs is 1. The summed E-state index contributed by atoms with van der Waals surface area (Å²) in [7, 11) is 1.39. The third kappa shape index (κ3) is 1.59. The van der Waals surface area contributed by atoms with Gasteiger partial charge < -0.3 is 9.84 Å². The van der Waals surface area contributed by atoms with Crippen LogP contribution in [0.5, 0.6) is 5.88 Å². The number of ether oxygens (including phenoxy) is 1. The number of aromatic nitrogens is 2. The SMILES string of the molecule is COc1nc2cccnc2cc1C(=O)O. The summed E-state index contributed by atoms with van der Waals surface area (Å²) >= 11 is 0. The Balaban J connectivity index is 2.74. The maximum absolute atomic E-state index is 10.9. The molecule has 0 unspecified atom stereocenters. The molecule has 0 radical (unpaired) electrons. The smallest absolute Gasteiger partial charge is 0.341 e. The van der Waals surface area contributed by atoms with Crippen molar-refractivity contribution in [3.63, 3.8) is 0 Å². The summed E-state index contributed by atoms with van der Waals surface area (Å²) in [5, 5.41) is 8.91. The highest BCUT2D eigenvalue weighted by atomic mass is 16.5. The standard InChI is InChI=1S/C10H8N2O3/c1-15-9-6(10(13)14)5-8-7(12-9)3-2-4-11-8/h2-5H,1H3,(H,13,14). The minimum Gasteiger partial charge on any atom is -0.480 e. The Morgan fingerprint density at radius 2 is 2.27 bits per heavy atom. The molecule has 0 saturated carbocycles. The van der Waals surface area contributed by atoms with Gasteiger partial charge in [0, 0.05) is 6.20 Å². The summed E-state index contributed by atoms with van der Waals surface area (Å²) in [6.45, 7) is 0. The largest absolute Gasteiger partial charge is 0.480 e. The zero-order valence-electron chi connectivity index (χ0n) is 7.97. The molecule has 0 saturated heterocycles. The predicted octanol–water partition coefficient (Wildman–Crippen LogP) is 1.34. The molecule has 0 aliphatic heterocycles. The molecule has 0 aromatic carbocycles. The lowest BCUT2D eigenvalue weighted by atomic mass is 10.2. The van der Waals surface area contributed by atoms with Gasteiger partial charge in [-0.3, -0.25) is 4.98 Å². The first-order valence-electron chi connectivity index (χ1n) is 4.25. The van der Waals surface area contributed by atoms with Crippen LogP contribution >= 0.6 is 0 Å². The van der Waals surface area contributed by atoms with E-state index in [1.54, 1.807) is 18.3 Å². The van der Waals surface area contributed by atoms with E-state index >= 15 is 0 Å². The molecule has 15 heavy (non-hydrogen) atoms. The molecule has 2 aromatic heterocycles. The average molecular weight is 204 g/mol. The van der Waals surface area contributed by atoms with E-state index in [0.717, 1.165) is 0 Å². The van der Waals surface area contributed by atoms with Crippen LogP contribution in [-0.4, -0.2) is 28.2 Å². The molecule has 0 bridgehead atoms. The first-order chi connectivity index (χ1) is 7.22. The Labute approximate surface area is 85.4 Å². The molecule has 76 valence electrons. The van der Waals surface area contributed by atoms with Gasteiger partial charge in [0.25, 0.3) is 0 Å². The number of nitrogens with zero attached hydrogens (tertiary/aromatic N) is 2. The highest BCUT2D eigenvalue weighted by Gasteiger charge is 2.13. The molecule has 0 spiro atoms. The monoisotopic (exact) mass is 204 g/mol. The molecule has 5 nitrogen and oxygen atoms in total. The van der Waals surface area contributed by atoms with Crippen molar-refractivity contribution in [2.45, 2.75) is 0 Å². The number of carboxylic acid groups (broad SMARTS) is 1. The van der Waals surface area contributed by atoms with E-state index in [2.05, 4.69) is 9.97 Å². The van der Waals surface area contributed by atoms with Gasteiger partial charge in [-0.05, 0) is 18.2 Å². The Morgan fingerprint density at radius 1 is 1.47 bits per heavy atom. The van der Waals surface area contributed by atoms with Gasteiger partial charge in [-0.25, -0.2) is 9.78 Å². The van der Waals surface area contributed by atoms with Crippen molar-refractivity contribution >= 4 is 17.0 Å². The van der Waals surface area contributed by atoms with E-state index in [4.69, 9.17) is 9.84 Å². The Kier molecular flexibility index (Phi) is 2.21. The van der Waals surface area contributed by atoms with Crippen LogP contribution < -0.4 is 4.74 Å². The average Bonchev–Trinajstić information content (AvgIpc) is 2.27. The molecule has 2 heterocycles. The number of hydrogen-bond acceptors (Lipinski definition) is 4. The molecular formula is C10H8N2O3. The number of rotatable bonds is 2. The van der Waals surface area contributed by atoms with Crippen molar-refractivity contribution in [3.8, 4) is 5.88 Å². The van der Waals surface area contributed by atoms with Crippen LogP contribution in [-0.2, 0) is 0 Å². The van der Waals surface area contributed by atoms with Gasteiger partial charge in [-0.15, -0.1) is 0 Å². The lowest BCUT2D eigenvalue weighted by Gasteiger charge is -2.04. The lowest BCUT2D eigenvalue weighted by molar-refractivity contribution is 0.0692. The molecule has 2 aromatic rings. The number of aromatic carboxylic acids is 1. The maximum atomic E-state index is 10.9. The van der Waals surface area contributed by atoms with Crippen molar-refractivity contribution < 1.29 is 14.6 Å². The molecule has 0 amide bonds. The molecule has 0 aliphatic carbocycles. The summed E-state index contributed by atoms with van der Waals surface area (Å²) in [6.07, 6.45) is 1.59. The fourth-order valence-corrected chi connectivity index (χ4v) is 1.29. The van der Waals surface area contributed by atoms with E-state index in [9.17, 15) is 4.79 Å². The van der Waals surface area contributed by atoms with Gasteiger partial charge in [0.15, 0.2) is 0 Å². The summed E-state index contributed by atoms with van der Waals surface area (Å²) in [5.74, 6) is -0.977. The van der Waals surface area contributed by atoms with Gasteiger partial charge in [0.1, 0.15) is 5.56 Å².